The van der Waals surface area contributed by atoms with Crippen LogP contribution in [0.2, 0.25) is 0 Å². The van der Waals surface area contributed by atoms with Crippen LogP contribution in [0.4, 0.5) is 8.22 Å². The van der Waals surface area contributed by atoms with E-state index in [1.54, 1.807) is 74.4 Å². The van der Waals surface area contributed by atoms with Gasteiger partial charge in [-0.2, -0.15) is 12.1 Å². The second kappa shape index (κ2) is 14.4. The number of rotatable bonds is 1. The smallest absolute Gasteiger partial charge is 0.387 e. The first kappa shape index (κ1) is 31.9. The van der Waals surface area contributed by atoms with Crippen LogP contribution in [0.15, 0.2) is 24.3 Å². The van der Waals surface area contributed by atoms with Crippen molar-refractivity contribution in [1.82, 2.24) is 0 Å². The van der Waals surface area contributed by atoms with Crippen molar-refractivity contribution in [3.05, 3.63) is 24.3 Å². The van der Waals surface area contributed by atoms with E-state index in [4.69, 9.17) is 15.3 Å². The maximum Gasteiger partial charge on any atom is 0.387 e. The summed E-state index contributed by atoms with van der Waals surface area (Å²) in [6.07, 6.45) is 0. The molecule has 0 unspecified atom stereocenters. The Morgan fingerprint density at radius 2 is 0.833 bits per heavy atom. The average Bonchev–Trinajstić information content (AvgIpc) is 2.59. The van der Waals surface area contributed by atoms with Crippen LogP contribution in [0.1, 0.15) is 62.3 Å². The zero-order valence-corrected chi connectivity index (χ0v) is 20.1. The molecule has 0 heterocycles. The van der Waals surface area contributed by atoms with Gasteiger partial charge in [0, 0.05) is 26.2 Å². The molecule has 0 saturated heterocycles. The van der Waals surface area contributed by atoms with Crippen molar-refractivity contribution in [2.45, 2.75) is 79.1 Å². The van der Waals surface area contributed by atoms with E-state index < -0.39 is 26.3 Å². The van der Waals surface area contributed by atoms with Gasteiger partial charge in [0.05, 0.1) is 16.8 Å². The maximum atomic E-state index is 11.7. The number of hydrogen-bond donors (Lipinski definition) is 3. The van der Waals surface area contributed by atoms with Gasteiger partial charge in [-0.05, 0) is 62.3 Å². The van der Waals surface area contributed by atoms with Crippen molar-refractivity contribution in [3.63, 3.8) is 0 Å². The molecule has 0 fully saturated rings. The number of aliphatic hydroxyl groups is 3. The molecule has 0 aliphatic heterocycles. The summed E-state index contributed by atoms with van der Waals surface area (Å²) in [4.78, 5) is 0. The Morgan fingerprint density at radius 3 is 0.917 bits per heavy atom. The van der Waals surface area contributed by atoms with E-state index in [0.29, 0.717) is 0 Å². The quantitative estimate of drug-likeness (QED) is 0.354. The first-order chi connectivity index (χ1) is 9.80. The van der Waals surface area contributed by atoms with Crippen molar-refractivity contribution >= 4 is 14.7 Å². The van der Waals surface area contributed by atoms with E-state index >= 15 is 0 Å². The van der Waals surface area contributed by atoms with E-state index in [0.717, 1.165) is 0 Å². The molecule has 0 aromatic heterocycles. The summed E-state index contributed by atoms with van der Waals surface area (Å²) < 4.78 is 23.5. The predicted molar refractivity (Wildman–Crippen MR) is 96.9 cm³/mol. The van der Waals surface area contributed by atoms with E-state index in [2.05, 4.69) is 0 Å². The van der Waals surface area contributed by atoms with Crippen molar-refractivity contribution in [2.24, 2.45) is 0 Å². The number of halogens is 2. The first-order valence-electron chi connectivity index (χ1n) is 7.47. The third-order valence-corrected chi connectivity index (χ3v) is 1.83. The minimum atomic E-state index is -3.48. The Bertz CT molecular complexity index is 318. The van der Waals surface area contributed by atoms with Gasteiger partial charge in [-0.1, -0.05) is 0 Å². The normalized spacial score (nSPS) is 11.0. The van der Waals surface area contributed by atoms with Crippen LogP contribution >= 0.6 is 0 Å². The summed E-state index contributed by atoms with van der Waals surface area (Å²) in [5, 5.41) is 25.8. The van der Waals surface area contributed by atoms with Crippen LogP contribution in [0.5, 0.6) is 0 Å². The van der Waals surface area contributed by atoms with Crippen LogP contribution in [0.3, 0.4) is 0 Å². The molecule has 0 aliphatic carbocycles. The van der Waals surface area contributed by atoms with Crippen LogP contribution in [0.25, 0.3) is 0 Å². The van der Waals surface area contributed by atoms with Crippen molar-refractivity contribution < 1.29 is 49.7 Å². The topological polar surface area (TPSA) is 60.7 Å². The Morgan fingerprint density at radius 1 is 0.667 bits per heavy atom. The number of hydrogen-bond acceptors (Lipinski definition) is 3. The van der Waals surface area contributed by atoms with E-state index in [9.17, 15) is 8.22 Å². The van der Waals surface area contributed by atoms with Crippen LogP contribution < -0.4 is 5.19 Å². The van der Waals surface area contributed by atoms with Crippen molar-refractivity contribution in [3.8, 4) is 0 Å². The third-order valence-electron chi connectivity index (χ3n) is 0.940. The summed E-state index contributed by atoms with van der Waals surface area (Å²) in [6, 6.07) is 6.21. The summed E-state index contributed by atoms with van der Waals surface area (Å²) in [6.45, 7) is 15.7. The molecule has 1 aromatic carbocycles. The minimum Gasteiger partial charge on any atom is -0.391 e. The fourth-order valence-corrected chi connectivity index (χ4v) is 1.05. The molecule has 0 radical (unpaired) electrons. The molecule has 3 nitrogen and oxygen atoms in total. The van der Waals surface area contributed by atoms with E-state index in [1.807, 2.05) is 0 Å². The van der Waals surface area contributed by atoms with Crippen LogP contribution in [-0.4, -0.2) is 41.6 Å². The van der Waals surface area contributed by atoms with Gasteiger partial charge >= 0.3 is 9.46 Å². The fraction of sp³-hybridized carbons (Fsp3) is 0.706. The maximum absolute atomic E-state index is 11.7. The van der Waals surface area contributed by atoms with E-state index in [-0.39, 0.29) is 31.4 Å². The molecule has 3 N–H and O–H groups in total. The summed E-state index contributed by atoms with van der Waals surface area (Å²) >= 11 is 0. The molecule has 0 bridgehead atoms. The first-order valence-corrected chi connectivity index (χ1v) is 8.92. The van der Waals surface area contributed by atoms with Gasteiger partial charge in [-0.3, -0.25) is 8.22 Å². The van der Waals surface area contributed by atoms with Crippen molar-refractivity contribution in [2.75, 3.05) is 0 Å². The van der Waals surface area contributed by atoms with Gasteiger partial charge in [0.15, 0.2) is 0 Å². The second-order valence-corrected chi connectivity index (χ2v) is 9.30. The standard InChI is InChI=1S/C5H5F2Si.3C4H10O.Zr/c6-8(7)5-3-1-2-4-5;3*1-4(2,3)5;/h1-4,8H;3*5H,1-3H3;/q-1;;;;. The molecule has 24 heavy (non-hydrogen) atoms. The summed E-state index contributed by atoms with van der Waals surface area (Å²) in [7, 11) is -3.48. The van der Waals surface area contributed by atoms with Gasteiger partial charge in [-0.25, -0.2) is 12.1 Å². The molecule has 7 heteroatoms. The monoisotopic (exact) mass is 443 g/mol. The Balaban J connectivity index is -0.000000113. The molecule has 144 valence electrons. The zero-order valence-electron chi connectivity index (χ0n) is 16.5. The average molecular weight is 445 g/mol. The molecule has 0 amide bonds. The molecule has 0 spiro atoms. The summed E-state index contributed by atoms with van der Waals surface area (Å²) in [5.74, 6) is 0. The Labute approximate surface area is 167 Å². The third kappa shape index (κ3) is 79.6. The summed E-state index contributed by atoms with van der Waals surface area (Å²) in [5.41, 5.74) is -1.50. The molecule has 0 saturated carbocycles. The van der Waals surface area contributed by atoms with Gasteiger partial charge in [0.1, 0.15) is 0 Å². The Kier molecular flexibility index (Phi) is 19.1. The zero-order chi connectivity index (χ0) is 19.5. The molecule has 0 aliphatic rings. The molecule has 1 aromatic rings. The minimum absolute atomic E-state index is 0. The van der Waals surface area contributed by atoms with Gasteiger partial charge < -0.3 is 15.3 Å². The molecule has 0 atom stereocenters. The SMILES string of the molecule is CC(C)(C)O.CC(C)(C)O.CC(C)(C)O.F[SiH](F)[c-]1cccc1.[Zr]. The van der Waals surface area contributed by atoms with Crippen molar-refractivity contribution in [1.29, 1.82) is 0 Å². The van der Waals surface area contributed by atoms with Gasteiger partial charge in [0.25, 0.3) is 0 Å². The van der Waals surface area contributed by atoms with Crippen LogP contribution in [-0.2, 0) is 26.2 Å². The van der Waals surface area contributed by atoms with E-state index in [1.165, 1.54) is 12.1 Å². The predicted octanol–water partition coefficient (Wildman–Crippen LogP) is 3.10. The van der Waals surface area contributed by atoms with Crippen LogP contribution in [0, 0.1) is 0 Å². The second-order valence-electron chi connectivity index (χ2n) is 8.03. The molecular formula is C17H35F2O3SiZr-. The molecular weight excluding hydrogens is 409 g/mol. The molecule has 1 rings (SSSR count). The van der Waals surface area contributed by atoms with Gasteiger partial charge in [-0.15, -0.1) is 5.19 Å². The Hall–Kier alpha value is 0.190. The van der Waals surface area contributed by atoms with Gasteiger partial charge in [0.2, 0.25) is 0 Å². The largest absolute Gasteiger partial charge is 0.391 e. The fourth-order valence-electron chi connectivity index (χ4n) is 0.534.